The van der Waals surface area contributed by atoms with E-state index in [0.29, 0.717) is 43.4 Å². The molecule has 10 heteroatoms. The number of aromatic amines is 1. The number of H-pyrrole nitrogens is 1. The molecular weight excluding hydrogens is 554 g/mol. The number of rotatable bonds is 3. The standard InChI is InChI=1S/C32H32ClN5O4/c33-23-10-11-28(35-17-23)32(41)38-18-26-21-6-5-7-24(14-21)42-13-4-3-12-37(20-30(39)36-29(26)19-38)31(40)15-22-16-34-27-9-2-1-8-25(22)27/h1-2,5-11,14,16-17,26,29,34H,3-4,12-13,15,18-20H2,(H,36,39)/t26-,29+/m1/s1. The van der Waals surface area contributed by atoms with Crippen LogP contribution in [0.2, 0.25) is 5.02 Å². The number of nitrogens with one attached hydrogen (secondary N) is 2. The zero-order valence-corrected chi connectivity index (χ0v) is 23.8. The van der Waals surface area contributed by atoms with Gasteiger partial charge in [0, 0.05) is 48.8 Å². The lowest BCUT2D eigenvalue weighted by molar-refractivity contribution is -0.135. The van der Waals surface area contributed by atoms with Gasteiger partial charge in [0.05, 0.1) is 30.6 Å². The van der Waals surface area contributed by atoms with Gasteiger partial charge in [-0.05, 0) is 54.3 Å². The molecule has 1 fully saturated rings. The van der Waals surface area contributed by atoms with E-state index < -0.39 is 0 Å². The van der Waals surface area contributed by atoms with E-state index in [1.807, 2.05) is 54.7 Å². The summed E-state index contributed by atoms with van der Waals surface area (Å²) in [7, 11) is 0. The van der Waals surface area contributed by atoms with Crippen LogP contribution < -0.4 is 10.1 Å². The number of pyridine rings is 1. The van der Waals surface area contributed by atoms with Crippen molar-refractivity contribution >= 4 is 40.2 Å². The van der Waals surface area contributed by atoms with Crippen LogP contribution in [0.25, 0.3) is 10.9 Å². The normalized spacial score (nSPS) is 19.5. The zero-order valence-electron chi connectivity index (χ0n) is 23.1. The molecule has 1 saturated heterocycles. The number of benzene rings is 2. The lowest BCUT2D eigenvalue weighted by Gasteiger charge is -2.26. The summed E-state index contributed by atoms with van der Waals surface area (Å²) in [6, 6.07) is 18.6. The van der Waals surface area contributed by atoms with Gasteiger partial charge in [0.15, 0.2) is 0 Å². The smallest absolute Gasteiger partial charge is 0.272 e. The summed E-state index contributed by atoms with van der Waals surface area (Å²) < 4.78 is 6.05. The summed E-state index contributed by atoms with van der Waals surface area (Å²) in [4.78, 5) is 51.1. The molecule has 6 rings (SSSR count). The number of hydrogen-bond donors (Lipinski definition) is 2. The second-order valence-electron chi connectivity index (χ2n) is 10.8. The highest BCUT2D eigenvalue weighted by molar-refractivity contribution is 6.30. The van der Waals surface area contributed by atoms with Crippen molar-refractivity contribution in [1.29, 1.82) is 0 Å². The van der Waals surface area contributed by atoms with Crippen LogP contribution in [-0.2, 0) is 16.0 Å². The topological polar surface area (TPSA) is 108 Å². The predicted molar refractivity (Wildman–Crippen MR) is 160 cm³/mol. The van der Waals surface area contributed by atoms with E-state index in [1.54, 1.807) is 21.9 Å². The molecular formula is C32H32ClN5O4. The Morgan fingerprint density at radius 3 is 2.76 bits per heavy atom. The van der Waals surface area contributed by atoms with Gasteiger partial charge in [-0.25, -0.2) is 4.98 Å². The Labute approximate surface area is 248 Å². The first-order valence-corrected chi connectivity index (χ1v) is 14.6. The fraction of sp³-hybridized carbons (Fsp3) is 0.312. The maximum absolute atomic E-state index is 13.5. The van der Waals surface area contributed by atoms with Crippen LogP contribution in [0.1, 0.15) is 40.4 Å². The molecule has 0 unspecified atom stereocenters. The Bertz CT molecular complexity index is 1600. The quantitative estimate of drug-likeness (QED) is 0.375. The van der Waals surface area contributed by atoms with Gasteiger partial charge < -0.3 is 24.8 Å². The van der Waals surface area contributed by atoms with Crippen LogP contribution in [0.5, 0.6) is 5.75 Å². The summed E-state index contributed by atoms with van der Waals surface area (Å²) in [5, 5.41) is 4.60. The number of fused-ring (bicyclic) bond motifs is 5. The summed E-state index contributed by atoms with van der Waals surface area (Å²) in [6.45, 7) is 1.60. The molecule has 2 N–H and O–H groups in total. The number of halogens is 1. The maximum atomic E-state index is 13.5. The van der Waals surface area contributed by atoms with Crippen LogP contribution in [0.15, 0.2) is 73.1 Å². The fourth-order valence-corrected chi connectivity index (χ4v) is 5.93. The number of hydrogen-bond acceptors (Lipinski definition) is 5. The Morgan fingerprint density at radius 1 is 1.02 bits per heavy atom. The highest BCUT2D eigenvalue weighted by Crippen LogP contribution is 2.31. The Hall–Kier alpha value is -4.37. The summed E-state index contributed by atoms with van der Waals surface area (Å²) in [5.74, 6) is -0.00485. The van der Waals surface area contributed by atoms with E-state index >= 15 is 0 Å². The van der Waals surface area contributed by atoms with Crippen LogP contribution in [0.3, 0.4) is 0 Å². The van der Waals surface area contributed by atoms with Crippen molar-refractivity contribution < 1.29 is 19.1 Å². The number of aromatic nitrogens is 2. The van der Waals surface area contributed by atoms with E-state index in [9.17, 15) is 14.4 Å². The van der Waals surface area contributed by atoms with E-state index in [-0.39, 0.29) is 42.6 Å². The van der Waals surface area contributed by atoms with Crippen molar-refractivity contribution in [1.82, 2.24) is 25.1 Å². The number of likely N-dealkylation sites (tertiary alicyclic amines) is 1. The molecule has 2 bridgehead atoms. The zero-order chi connectivity index (χ0) is 29.1. The highest BCUT2D eigenvalue weighted by atomic mass is 35.5. The molecule has 2 aliphatic heterocycles. The first-order chi connectivity index (χ1) is 20.4. The van der Waals surface area contributed by atoms with Crippen molar-refractivity contribution in [3.8, 4) is 5.75 Å². The number of ether oxygens (including phenoxy) is 1. The van der Waals surface area contributed by atoms with Gasteiger partial charge >= 0.3 is 0 Å². The molecule has 216 valence electrons. The van der Waals surface area contributed by atoms with Gasteiger partial charge in [-0.2, -0.15) is 0 Å². The third-order valence-corrected chi connectivity index (χ3v) is 8.20. The molecule has 42 heavy (non-hydrogen) atoms. The lowest BCUT2D eigenvalue weighted by Crippen LogP contribution is -2.47. The molecule has 2 aliphatic rings. The van der Waals surface area contributed by atoms with Gasteiger partial charge in [-0.15, -0.1) is 0 Å². The van der Waals surface area contributed by atoms with Crippen molar-refractivity contribution in [2.24, 2.45) is 0 Å². The third-order valence-electron chi connectivity index (χ3n) is 7.98. The predicted octanol–water partition coefficient (Wildman–Crippen LogP) is 4.18. The van der Waals surface area contributed by atoms with E-state index in [4.69, 9.17) is 16.3 Å². The molecule has 0 saturated carbocycles. The van der Waals surface area contributed by atoms with Gasteiger partial charge in [-0.3, -0.25) is 14.4 Å². The lowest BCUT2D eigenvalue weighted by atomic mass is 9.94. The average molecular weight is 586 g/mol. The van der Waals surface area contributed by atoms with Crippen LogP contribution in [0, 0.1) is 0 Å². The molecule has 0 spiro atoms. The number of carbonyl (C=O) groups excluding carboxylic acids is 3. The van der Waals surface area contributed by atoms with E-state index in [2.05, 4.69) is 15.3 Å². The van der Waals surface area contributed by atoms with Crippen LogP contribution in [0.4, 0.5) is 0 Å². The first-order valence-electron chi connectivity index (χ1n) is 14.2. The maximum Gasteiger partial charge on any atom is 0.272 e. The molecule has 4 aromatic rings. The summed E-state index contributed by atoms with van der Waals surface area (Å²) >= 11 is 5.97. The number of carbonyl (C=O) groups is 3. The number of para-hydroxylation sites is 1. The molecule has 2 aromatic heterocycles. The molecule has 3 amide bonds. The fourth-order valence-electron chi connectivity index (χ4n) is 5.82. The van der Waals surface area contributed by atoms with Crippen molar-refractivity contribution in [3.63, 3.8) is 0 Å². The van der Waals surface area contributed by atoms with Gasteiger partial charge in [0.2, 0.25) is 11.8 Å². The average Bonchev–Trinajstić information content (AvgIpc) is 3.60. The largest absolute Gasteiger partial charge is 0.494 e. The van der Waals surface area contributed by atoms with Gasteiger partial charge in [0.25, 0.3) is 5.91 Å². The molecule has 0 aliphatic carbocycles. The minimum Gasteiger partial charge on any atom is -0.494 e. The molecule has 2 aromatic carbocycles. The second-order valence-corrected chi connectivity index (χ2v) is 11.3. The van der Waals surface area contributed by atoms with Crippen molar-refractivity contribution in [2.75, 3.05) is 32.8 Å². The first kappa shape index (κ1) is 27.8. The van der Waals surface area contributed by atoms with E-state index in [1.165, 1.54) is 6.20 Å². The summed E-state index contributed by atoms with van der Waals surface area (Å²) in [5.41, 5.74) is 3.14. The monoisotopic (exact) mass is 585 g/mol. The molecule has 4 heterocycles. The number of nitrogens with zero attached hydrogens (tertiary/aromatic N) is 3. The summed E-state index contributed by atoms with van der Waals surface area (Å²) in [6.07, 6.45) is 4.95. The highest BCUT2D eigenvalue weighted by Gasteiger charge is 2.38. The third kappa shape index (κ3) is 6.11. The Morgan fingerprint density at radius 2 is 1.90 bits per heavy atom. The van der Waals surface area contributed by atoms with Crippen LogP contribution >= 0.6 is 11.6 Å². The Balaban J connectivity index is 1.22. The van der Waals surface area contributed by atoms with Gasteiger partial charge in [-0.1, -0.05) is 41.9 Å². The van der Waals surface area contributed by atoms with Crippen molar-refractivity contribution in [3.05, 3.63) is 94.9 Å². The second kappa shape index (κ2) is 12.2. The SMILES string of the molecule is O=C1CN(C(=O)Cc2c[nH]c3ccccc23)CCCCOc2cccc(c2)[C@H]2CN(C(=O)c3ccc(Cl)cn3)C[C@@H]2N1. The van der Waals surface area contributed by atoms with E-state index in [0.717, 1.165) is 34.2 Å². The van der Waals surface area contributed by atoms with Crippen molar-refractivity contribution in [2.45, 2.75) is 31.2 Å². The van der Waals surface area contributed by atoms with Crippen LogP contribution in [-0.4, -0.2) is 76.3 Å². The molecule has 9 nitrogen and oxygen atoms in total. The molecule has 0 radical (unpaired) electrons. The van der Waals surface area contributed by atoms with Gasteiger partial charge in [0.1, 0.15) is 11.4 Å². The molecule has 2 atom stereocenters. The Kier molecular flexibility index (Phi) is 8.10. The number of amides is 3. The minimum absolute atomic E-state index is 0.0575. The minimum atomic E-state index is -0.350.